The lowest BCUT2D eigenvalue weighted by Crippen LogP contribution is -2.35. The third kappa shape index (κ3) is 3.66. The summed E-state index contributed by atoms with van der Waals surface area (Å²) in [4.78, 5) is 23.3. The van der Waals surface area contributed by atoms with Gasteiger partial charge in [-0.1, -0.05) is 18.2 Å². The summed E-state index contributed by atoms with van der Waals surface area (Å²) in [7, 11) is 1.85. The zero-order valence-electron chi connectivity index (χ0n) is 15.7. The molecule has 1 aromatic carbocycles. The van der Waals surface area contributed by atoms with Crippen LogP contribution in [0, 0.1) is 0 Å². The first-order valence-electron chi connectivity index (χ1n) is 9.20. The van der Waals surface area contributed by atoms with E-state index in [1.165, 1.54) is 0 Å². The number of nitrogen functional groups attached to an aromatic ring is 1. The lowest BCUT2D eigenvalue weighted by Gasteiger charge is -2.25. The number of likely N-dealkylation sites (tertiary alicyclic amines) is 1. The zero-order chi connectivity index (χ0) is 19.5. The third-order valence-corrected chi connectivity index (χ3v) is 4.85. The van der Waals surface area contributed by atoms with Gasteiger partial charge in [-0.05, 0) is 25.0 Å². The van der Waals surface area contributed by atoms with Gasteiger partial charge in [0.05, 0.1) is 17.9 Å². The topological polar surface area (TPSA) is 99.2 Å². The van der Waals surface area contributed by atoms with E-state index >= 15 is 0 Å². The second kappa shape index (κ2) is 7.67. The molecule has 0 radical (unpaired) electrons. The molecule has 1 aliphatic heterocycles. The van der Waals surface area contributed by atoms with E-state index in [9.17, 15) is 4.79 Å². The molecule has 1 saturated heterocycles. The van der Waals surface area contributed by atoms with Gasteiger partial charge in [-0.2, -0.15) is 5.10 Å². The Labute approximate surface area is 163 Å². The van der Waals surface area contributed by atoms with Crippen molar-refractivity contribution in [1.29, 1.82) is 0 Å². The number of nitrogens with zero attached hydrogens (tertiary/aromatic N) is 5. The summed E-state index contributed by atoms with van der Waals surface area (Å²) < 4.78 is 7.37. The molecule has 0 spiro atoms. The number of aryl methyl sites for hydroxylation is 1. The van der Waals surface area contributed by atoms with Crippen LogP contribution in [0.25, 0.3) is 11.1 Å². The van der Waals surface area contributed by atoms with Crippen LogP contribution < -0.4 is 10.5 Å². The Kier molecular flexibility index (Phi) is 4.92. The maximum Gasteiger partial charge on any atom is 0.261 e. The lowest BCUT2D eigenvalue weighted by molar-refractivity contribution is -0.134. The minimum Gasteiger partial charge on any atom is -0.484 e. The van der Waals surface area contributed by atoms with Gasteiger partial charge in [-0.25, -0.2) is 9.97 Å². The number of anilines is 1. The second-order valence-electron chi connectivity index (χ2n) is 6.78. The van der Waals surface area contributed by atoms with E-state index in [4.69, 9.17) is 10.5 Å². The Hall–Kier alpha value is -3.42. The van der Waals surface area contributed by atoms with Crippen molar-refractivity contribution in [3.63, 3.8) is 0 Å². The van der Waals surface area contributed by atoms with Crippen molar-refractivity contribution in [2.24, 2.45) is 7.05 Å². The van der Waals surface area contributed by atoms with E-state index in [2.05, 4.69) is 15.1 Å². The van der Waals surface area contributed by atoms with E-state index in [0.717, 1.165) is 29.7 Å². The van der Waals surface area contributed by atoms with E-state index in [1.807, 2.05) is 48.5 Å². The summed E-state index contributed by atoms with van der Waals surface area (Å²) >= 11 is 0. The summed E-state index contributed by atoms with van der Waals surface area (Å²) in [5.74, 6) is 0.803. The van der Waals surface area contributed by atoms with E-state index < -0.39 is 0 Å². The molecule has 8 nitrogen and oxygen atoms in total. The summed E-state index contributed by atoms with van der Waals surface area (Å²) in [6, 6.07) is 9.17. The van der Waals surface area contributed by atoms with Crippen molar-refractivity contribution < 1.29 is 9.53 Å². The van der Waals surface area contributed by atoms with E-state index in [0.29, 0.717) is 12.3 Å². The highest BCUT2D eigenvalue weighted by atomic mass is 16.5. The lowest BCUT2D eigenvalue weighted by atomic mass is 10.0. The molecular formula is C20H22N6O2. The number of aromatic nitrogens is 4. The second-order valence-corrected chi connectivity index (χ2v) is 6.78. The molecule has 0 bridgehead atoms. The predicted octanol–water partition coefficient (Wildman–Crippen LogP) is 2.20. The molecule has 1 amide bonds. The smallest absolute Gasteiger partial charge is 0.261 e. The first-order valence-corrected chi connectivity index (χ1v) is 9.20. The van der Waals surface area contributed by atoms with Crippen LogP contribution in [0.2, 0.25) is 0 Å². The molecule has 28 heavy (non-hydrogen) atoms. The molecule has 1 fully saturated rings. The molecule has 144 valence electrons. The number of hydrogen-bond donors (Lipinski definition) is 1. The number of nitrogens with two attached hydrogens (primary N) is 1. The Morgan fingerprint density at radius 2 is 2.11 bits per heavy atom. The van der Waals surface area contributed by atoms with Gasteiger partial charge >= 0.3 is 0 Å². The molecule has 1 aliphatic rings. The number of rotatable bonds is 5. The molecule has 0 aliphatic carbocycles. The Balaban J connectivity index is 1.58. The Morgan fingerprint density at radius 1 is 1.29 bits per heavy atom. The zero-order valence-corrected chi connectivity index (χ0v) is 15.7. The van der Waals surface area contributed by atoms with Crippen LogP contribution in [-0.4, -0.2) is 43.7 Å². The Morgan fingerprint density at radius 3 is 2.86 bits per heavy atom. The summed E-state index contributed by atoms with van der Waals surface area (Å²) in [6.45, 7) is 0.654. The quantitative estimate of drug-likeness (QED) is 0.731. The highest BCUT2D eigenvalue weighted by Crippen LogP contribution is 2.36. The van der Waals surface area contributed by atoms with Crippen LogP contribution in [0.1, 0.15) is 24.6 Å². The summed E-state index contributed by atoms with van der Waals surface area (Å²) in [6.07, 6.45) is 7.09. The first-order chi connectivity index (χ1) is 13.6. The van der Waals surface area contributed by atoms with Gasteiger partial charge in [-0.15, -0.1) is 0 Å². The molecule has 8 heteroatoms. The average molecular weight is 378 g/mol. The van der Waals surface area contributed by atoms with Gasteiger partial charge in [-0.3, -0.25) is 9.48 Å². The minimum absolute atomic E-state index is 0.0106. The largest absolute Gasteiger partial charge is 0.484 e. The summed E-state index contributed by atoms with van der Waals surface area (Å²) in [5, 5.41) is 4.23. The van der Waals surface area contributed by atoms with Crippen molar-refractivity contribution in [2.75, 3.05) is 18.9 Å². The summed E-state index contributed by atoms with van der Waals surface area (Å²) in [5.41, 5.74) is 8.36. The molecule has 0 unspecified atom stereocenters. The van der Waals surface area contributed by atoms with Gasteiger partial charge < -0.3 is 15.4 Å². The third-order valence-electron chi connectivity index (χ3n) is 4.85. The van der Waals surface area contributed by atoms with Crippen LogP contribution in [0.5, 0.6) is 5.75 Å². The Bertz CT molecular complexity index is 972. The van der Waals surface area contributed by atoms with Crippen LogP contribution in [0.4, 0.5) is 5.95 Å². The molecule has 3 heterocycles. The molecule has 0 saturated carbocycles. The minimum atomic E-state index is -0.160. The highest BCUT2D eigenvalue weighted by molar-refractivity contribution is 5.79. The maximum absolute atomic E-state index is 12.8. The van der Waals surface area contributed by atoms with E-state index in [1.54, 1.807) is 17.1 Å². The maximum atomic E-state index is 12.8. The normalized spacial score (nSPS) is 16.3. The van der Waals surface area contributed by atoms with Crippen molar-refractivity contribution >= 4 is 11.9 Å². The number of hydrogen-bond acceptors (Lipinski definition) is 6. The van der Waals surface area contributed by atoms with Gasteiger partial charge in [0.2, 0.25) is 5.95 Å². The van der Waals surface area contributed by atoms with Crippen molar-refractivity contribution in [2.45, 2.75) is 18.9 Å². The number of carbonyl (C=O) groups excluding carboxylic acids is 1. The van der Waals surface area contributed by atoms with Crippen LogP contribution in [0.3, 0.4) is 0 Å². The molecule has 2 N–H and O–H groups in total. The number of para-hydroxylation sites is 1. The molecular weight excluding hydrogens is 356 g/mol. The van der Waals surface area contributed by atoms with Crippen LogP contribution in [0.15, 0.2) is 48.9 Å². The van der Waals surface area contributed by atoms with Crippen LogP contribution in [-0.2, 0) is 11.8 Å². The van der Waals surface area contributed by atoms with Gasteiger partial charge in [0.15, 0.2) is 6.61 Å². The number of ether oxygens (including phenoxy) is 1. The van der Waals surface area contributed by atoms with Gasteiger partial charge in [0.1, 0.15) is 5.75 Å². The molecule has 3 aromatic rings. The van der Waals surface area contributed by atoms with Crippen LogP contribution >= 0.6 is 0 Å². The molecule has 2 aromatic heterocycles. The van der Waals surface area contributed by atoms with Crippen molar-refractivity contribution in [3.8, 4) is 16.9 Å². The SMILES string of the molecule is Cn1cc(-c2cnc(N)nc2[C@@H]2CCCN2C(=O)COc2ccccc2)cn1. The predicted molar refractivity (Wildman–Crippen MR) is 104 cm³/mol. The number of carbonyl (C=O) groups is 1. The number of amides is 1. The standard InChI is InChI=1S/C20H22N6O2/c1-25-12-14(10-23-25)16-11-22-20(21)24-19(16)17-8-5-9-26(17)18(27)13-28-15-6-3-2-4-7-15/h2-4,6-7,10-12,17H,5,8-9,13H2,1H3,(H2,21,22,24)/t17-/m0/s1. The fourth-order valence-corrected chi connectivity index (χ4v) is 3.54. The highest BCUT2D eigenvalue weighted by Gasteiger charge is 2.33. The van der Waals surface area contributed by atoms with E-state index in [-0.39, 0.29) is 24.5 Å². The fourth-order valence-electron chi connectivity index (χ4n) is 3.54. The average Bonchev–Trinajstić information content (AvgIpc) is 3.36. The first kappa shape index (κ1) is 18.0. The monoisotopic (exact) mass is 378 g/mol. The van der Waals surface area contributed by atoms with Gasteiger partial charge in [0, 0.05) is 37.1 Å². The fraction of sp³-hybridized carbons (Fsp3) is 0.300. The van der Waals surface area contributed by atoms with Crippen molar-refractivity contribution in [1.82, 2.24) is 24.6 Å². The van der Waals surface area contributed by atoms with Gasteiger partial charge in [0.25, 0.3) is 5.91 Å². The number of benzene rings is 1. The molecule has 4 rings (SSSR count). The molecule has 1 atom stereocenters. The van der Waals surface area contributed by atoms with Crippen molar-refractivity contribution in [3.05, 3.63) is 54.6 Å².